The lowest BCUT2D eigenvalue weighted by molar-refractivity contribution is 0.0148. The highest BCUT2D eigenvalue weighted by Crippen LogP contribution is 2.17. The quantitative estimate of drug-likeness (QED) is 0.634. The highest BCUT2D eigenvalue weighted by atomic mass is 32.2. The molecule has 8 nitrogen and oxygen atoms in total. The van der Waals surface area contributed by atoms with Crippen molar-refractivity contribution >= 4 is 21.7 Å². The fraction of sp³-hybridized carbons (Fsp3) is 0.350. The zero-order valence-electron chi connectivity index (χ0n) is 16.0. The van der Waals surface area contributed by atoms with Crippen LogP contribution in [0.4, 0.5) is 5.69 Å². The van der Waals surface area contributed by atoms with Gasteiger partial charge in [0.15, 0.2) is 0 Å². The Balaban J connectivity index is 1.47. The summed E-state index contributed by atoms with van der Waals surface area (Å²) < 4.78 is 28.3. The minimum Gasteiger partial charge on any atom is -0.459 e. The van der Waals surface area contributed by atoms with Gasteiger partial charge in [0, 0.05) is 38.4 Å². The van der Waals surface area contributed by atoms with E-state index in [9.17, 15) is 18.3 Å². The number of β-amino-alcohol motifs (C(OH)–C–C–N with tert-alkyl or cyclic N) is 1. The van der Waals surface area contributed by atoms with E-state index < -0.39 is 22.1 Å². The standard InChI is InChI=1S/C20H25N3O5S/c21-29(26,27)19-9-5-4-8-18(19)20(25)28-15-17(24)14-22-10-12-23(13-11-22)16-6-2-1-3-7-16/h1-9,17,24H,10-15H2,(H2,21,26,27). The van der Waals surface area contributed by atoms with Crippen LogP contribution in [0, 0.1) is 0 Å². The van der Waals surface area contributed by atoms with Crippen molar-refractivity contribution in [2.45, 2.75) is 11.0 Å². The molecule has 2 aromatic rings. The van der Waals surface area contributed by atoms with Gasteiger partial charge in [-0.05, 0) is 24.3 Å². The number of piperazine rings is 1. The van der Waals surface area contributed by atoms with Crippen LogP contribution in [0.25, 0.3) is 0 Å². The number of hydrogen-bond donors (Lipinski definition) is 2. The molecular formula is C20H25N3O5S. The van der Waals surface area contributed by atoms with Crippen molar-refractivity contribution in [1.82, 2.24) is 4.90 Å². The van der Waals surface area contributed by atoms with Gasteiger partial charge in [-0.15, -0.1) is 0 Å². The number of nitrogens with zero attached hydrogens (tertiary/aromatic N) is 2. The Morgan fingerprint density at radius 2 is 1.66 bits per heavy atom. The predicted octanol–water partition coefficient (Wildman–Crippen LogP) is 0.674. The number of primary sulfonamides is 1. The van der Waals surface area contributed by atoms with Gasteiger partial charge in [0.25, 0.3) is 0 Å². The summed E-state index contributed by atoms with van der Waals surface area (Å²) in [7, 11) is -4.04. The third-order valence-electron chi connectivity index (χ3n) is 4.78. The lowest BCUT2D eigenvalue weighted by atomic mass is 10.2. The summed E-state index contributed by atoms with van der Waals surface area (Å²) in [5.41, 5.74) is 1.04. The van der Waals surface area contributed by atoms with Crippen molar-refractivity contribution in [3.05, 3.63) is 60.2 Å². The van der Waals surface area contributed by atoms with Gasteiger partial charge >= 0.3 is 5.97 Å². The van der Waals surface area contributed by atoms with E-state index >= 15 is 0 Å². The first-order valence-corrected chi connectivity index (χ1v) is 10.9. The largest absolute Gasteiger partial charge is 0.459 e. The molecular weight excluding hydrogens is 394 g/mol. The number of aliphatic hydroxyl groups is 1. The maximum atomic E-state index is 12.2. The average Bonchev–Trinajstić information content (AvgIpc) is 2.72. The van der Waals surface area contributed by atoms with E-state index in [1.165, 1.54) is 30.0 Å². The van der Waals surface area contributed by atoms with Crippen LogP contribution in [-0.2, 0) is 14.8 Å². The maximum absolute atomic E-state index is 12.2. The van der Waals surface area contributed by atoms with Crippen molar-refractivity contribution < 1.29 is 23.1 Å². The number of carbonyl (C=O) groups excluding carboxylic acids is 1. The number of sulfonamides is 1. The van der Waals surface area contributed by atoms with Crippen LogP contribution in [0.5, 0.6) is 0 Å². The topological polar surface area (TPSA) is 113 Å². The van der Waals surface area contributed by atoms with Crippen LogP contribution in [0.2, 0.25) is 0 Å². The van der Waals surface area contributed by atoms with Crippen molar-refractivity contribution in [2.75, 3.05) is 44.2 Å². The smallest absolute Gasteiger partial charge is 0.339 e. The van der Waals surface area contributed by atoms with Crippen molar-refractivity contribution in [2.24, 2.45) is 5.14 Å². The first-order chi connectivity index (χ1) is 13.8. The number of esters is 1. The molecule has 0 saturated carbocycles. The lowest BCUT2D eigenvalue weighted by Crippen LogP contribution is -2.49. The molecule has 1 aliphatic heterocycles. The molecule has 1 aliphatic rings. The predicted molar refractivity (Wildman–Crippen MR) is 109 cm³/mol. The molecule has 1 atom stereocenters. The fourth-order valence-electron chi connectivity index (χ4n) is 3.31. The van der Waals surface area contributed by atoms with Gasteiger partial charge in [-0.2, -0.15) is 0 Å². The van der Waals surface area contributed by atoms with Gasteiger partial charge in [-0.25, -0.2) is 18.4 Å². The normalized spacial score (nSPS) is 16.4. The molecule has 3 rings (SSSR count). The van der Waals surface area contributed by atoms with Crippen LogP contribution in [0.15, 0.2) is 59.5 Å². The zero-order valence-corrected chi connectivity index (χ0v) is 16.8. The maximum Gasteiger partial charge on any atom is 0.339 e. The molecule has 3 N–H and O–H groups in total. The third kappa shape index (κ3) is 5.77. The molecule has 9 heteroatoms. The van der Waals surface area contributed by atoms with E-state index in [0.29, 0.717) is 6.54 Å². The molecule has 1 unspecified atom stereocenters. The van der Waals surface area contributed by atoms with Gasteiger partial charge in [0.2, 0.25) is 10.0 Å². The van der Waals surface area contributed by atoms with Gasteiger partial charge in [-0.1, -0.05) is 30.3 Å². The molecule has 0 spiro atoms. The summed E-state index contributed by atoms with van der Waals surface area (Å²) in [4.78, 5) is 16.3. The molecule has 29 heavy (non-hydrogen) atoms. The molecule has 0 radical (unpaired) electrons. The number of rotatable bonds is 7. The molecule has 1 heterocycles. The van der Waals surface area contributed by atoms with Crippen LogP contribution in [-0.4, -0.2) is 69.8 Å². The van der Waals surface area contributed by atoms with Gasteiger partial charge in [0.05, 0.1) is 10.5 Å². The van der Waals surface area contributed by atoms with E-state index in [1.54, 1.807) is 0 Å². The summed E-state index contributed by atoms with van der Waals surface area (Å²) in [5, 5.41) is 15.4. The van der Waals surface area contributed by atoms with E-state index in [1.807, 2.05) is 18.2 Å². The Kier molecular flexibility index (Phi) is 6.86. The molecule has 0 aromatic heterocycles. The van der Waals surface area contributed by atoms with E-state index in [2.05, 4.69) is 21.9 Å². The first-order valence-electron chi connectivity index (χ1n) is 9.34. The summed E-state index contributed by atoms with van der Waals surface area (Å²) in [6.45, 7) is 3.41. The number of anilines is 1. The minimum atomic E-state index is -4.04. The summed E-state index contributed by atoms with van der Waals surface area (Å²) in [5.74, 6) is -0.831. The molecule has 2 aromatic carbocycles. The second-order valence-electron chi connectivity index (χ2n) is 6.92. The van der Waals surface area contributed by atoms with Crippen molar-refractivity contribution in [1.29, 1.82) is 0 Å². The van der Waals surface area contributed by atoms with Crippen LogP contribution >= 0.6 is 0 Å². The highest BCUT2D eigenvalue weighted by molar-refractivity contribution is 7.89. The Morgan fingerprint density at radius 1 is 1.03 bits per heavy atom. The van der Waals surface area contributed by atoms with E-state index in [0.717, 1.165) is 26.2 Å². The number of ether oxygens (including phenoxy) is 1. The van der Waals surface area contributed by atoms with Crippen molar-refractivity contribution in [3.8, 4) is 0 Å². The Morgan fingerprint density at radius 3 is 2.31 bits per heavy atom. The summed E-state index contributed by atoms with van der Waals surface area (Å²) in [6.07, 6.45) is -0.871. The monoisotopic (exact) mass is 419 g/mol. The molecule has 0 amide bonds. The number of para-hydroxylation sites is 1. The molecule has 1 fully saturated rings. The molecule has 0 aliphatic carbocycles. The average molecular weight is 420 g/mol. The second kappa shape index (κ2) is 9.36. The zero-order chi connectivity index (χ0) is 20.9. The van der Waals surface area contributed by atoms with E-state index in [4.69, 9.17) is 9.88 Å². The SMILES string of the molecule is NS(=O)(=O)c1ccccc1C(=O)OCC(O)CN1CCN(c2ccccc2)CC1. The first kappa shape index (κ1) is 21.3. The molecule has 1 saturated heterocycles. The highest BCUT2D eigenvalue weighted by Gasteiger charge is 2.23. The summed E-state index contributed by atoms with van der Waals surface area (Å²) in [6, 6.07) is 15.7. The second-order valence-corrected chi connectivity index (χ2v) is 8.45. The number of carbonyl (C=O) groups is 1. The van der Waals surface area contributed by atoms with Crippen LogP contribution in [0.3, 0.4) is 0 Å². The number of aliphatic hydroxyl groups excluding tert-OH is 1. The van der Waals surface area contributed by atoms with Crippen LogP contribution in [0.1, 0.15) is 10.4 Å². The fourth-order valence-corrected chi connectivity index (χ4v) is 4.04. The third-order valence-corrected chi connectivity index (χ3v) is 5.75. The van der Waals surface area contributed by atoms with Gasteiger partial charge in [0.1, 0.15) is 12.7 Å². The Labute approximate surface area is 170 Å². The minimum absolute atomic E-state index is 0.140. The van der Waals surface area contributed by atoms with Gasteiger partial charge in [-0.3, -0.25) is 4.90 Å². The molecule has 0 bridgehead atoms. The molecule has 156 valence electrons. The van der Waals surface area contributed by atoms with Gasteiger partial charge < -0.3 is 14.7 Å². The Bertz CT molecular complexity index is 928. The summed E-state index contributed by atoms with van der Waals surface area (Å²) >= 11 is 0. The number of hydrogen-bond acceptors (Lipinski definition) is 7. The number of nitrogens with two attached hydrogens (primary N) is 1. The van der Waals surface area contributed by atoms with Crippen LogP contribution < -0.4 is 10.0 Å². The van der Waals surface area contributed by atoms with Crippen molar-refractivity contribution in [3.63, 3.8) is 0 Å². The Hall–Kier alpha value is -2.46. The number of benzene rings is 2. The van der Waals surface area contributed by atoms with E-state index in [-0.39, 0.29) is 17.1 Å². The lowest BCUT2D eigenvalue weighted by Gasteiger charge is -2.36.